The van der Waals surface area contributed by atoms with Gasteiger partial charge in [0.1, 0.15) is 15.4 Å². The molecule has 6 aromatic rings. The highest BCUT2D eigenvalue weighted by atomic mass is 32.2. The van der Waals surface area contributed by atoms with Gasteiger partial charge >= 0.3 is 0 Å². The molecule has 3 heterocycles. The number of rotatable bonds is 9. The maximum atomic E-state index is 13.7. The largest absolute Gasteiger partial charge is 0.409 e. The first-order chi connectivity index (χ1) is 20.8. The van der Waals surface area contributed by atoms with Gasteiger partial charge in [-0.25, -0.2) is 23.1 Å². The number of aromatic nitrogens is 3. The van der Waals surface area contributed by atoms with Crippen LogP contribution >= 0.6 is 22.7 Å². The first-order valence-electron chi connectivity index (χ1n) is 12.9. The first kappa shape index (κ1) is 28.4. The number of amides is 1. The SMILES string of the molecule is N/C(=N/O)c1cccc(CC(NS(=O)(=O)c2cccc(NC(=O)c3cc4nccnc4s3)c2)c2nc3ccccc3s2)c1. The molecule has 0 fully saturated rings. The molecule has 216 valence electrons. The van der Waals surface area contributed by atoms with E-state index in [0.717, 1.165) is 15.8 Å². The van der Waals surface area contributed by atoms with E-state index in [-0.39, 0.29) is 17.2 Å². The standard InChI is InChI=1S/C29H23N7O4S3/c30-26(35-38)18-6-3-5-17(13-18)14-23(29-34-21-9-1-2-10-24(21)41-29)36-43(39,40)20-8-4-7-19(15-20)33-27(37)25-16-22-28(42-25)32-12-11-31-22/h1-13,15-16,23,36,38H,14H2,(H2,30,35)(H,33,37). The smallest absolute Gasteiger partial charge is 0.265 e. The Morgan fingerprint density at radius 2 is 1.77 bits per heavy atom. The van der Waals surface area contributed by atoms with Crippen molar-refractivity contribution in [2.45, 2.75) is 17.4 Å². The molecule has 3 aromatic carbocycles. The van der Waals surface area contributed by atoms with Crippen molar-refractivity contribution in [2.24, 2.45) is 10.9 Å². The van der Waals surface area contributed by atoms with Crippen molar-refractivity contribution in [1.82, 2.24) is 19.7 Å². The number of sulfonamides is 1. The summed E-state index contributed by atoms with van der Waals surface area (Å²) in [6.45, 7) is 0. The van der Waals surface area contributed by atoms with Gasteiger partial charge in [-0.05, 0) is 54.4 Å². The molecule has 0 spiro atoms. The molecule has 3 aromatic heterocycles. The lowest BCUT2D eigenvalue weighted by atomic mass is 10.0. The molecule has 0 saturated carbocycles. The molecule has 43 heavy (non-hydrogen) atoms. The summed E-state index contributed by atoms with van der Waals surface area (Å²) in [7, 11) is -4.08. The van der Waals surface area contributed by atoms with Crippen molar-refractivity contribution >= 4 is 70.7 Å². The first-order valence-corrected chi connectivity index (χ1v) is 16.0. The lowest BCUT2D eigenvalue weighted by Crippen LogP contribution is -2.30. The van der Waals surface area contributed by atoms with Gasteiger partial charge in [-0.1, -0.05) is 41.6 Å². The Labute approximate surface area is 253 Å². The maximum Gasteiger partial charge on any atom is 0.265 e. The van der Waals surface area contributed by atoms with Crippen molar-refractivity contribution < 1.29 is 18.4 Å². The summed E-state index contributed by atoms with van der Waals surface area (Å²) >= 11 is 2.59. The number of amidine groups is 1. The Kier molecular flexibility index (Phi) is 7.82. The van der Waals surface area contributed by atoms with Gasteiger partial charge in [-0.15, -0.1) is 22.7 Å². The summed E-state index contributed by atoms with van der Waals surface area (Å²) in [6.07, 6.45) is 3.35. The summed E-state index contributed by atoms with van der Waals surface area (Å²) in [4.78, 5) is 27.1. The van der Waals surface area contributed by atoms with Gasteiger partial charge in [-0.3, -0.25) is 9.78 Å². The number of benzene rings is 3. The van der Waals surface area contributed by atoms with Gasteiger partial charge in [-0.2, -0.15) is 0 Å². The Morgan fingerprint density at radius 3 is 2.58 bits per heavy atom. The van der Waals surface area contributed by atoms with Crippen molar-refractivity contribution in [2.75, 3.05) is 5.32 Å². The van der Waals surface area contributed by atoms with Gasteiger partial charge in [0, 0.05) is 23.6 Å². The van der Waals surface area contributed by atoms with Crippen LogP contribution in [-0.4, -0.2) is 40.3 Å². The third kappa shape index (κ3) is 6.22. The lowest BCUT2D eigenvalue weighted by Gasteiger charge is -2.18. The number of thiazole rings is 1. The molecule has 0 aliphatic rings. The van der Waals surface area contributed by atoms with Crippen molar-refractivity contribution in [3.8, 4) is 0 Å². The van der Waals surface area contributed by atoms with Crippen LogP contribution in [0.4, 0.5) is 5.69 Å². The minimum atomic E-state index is -4.08. The van der Waals surface area contributed by atoms with E-state index in [9.17, 15) is 13.2 Å². The second kappa shape index (κ2) is 11.9. The Balaban J connectivity index is 1.28. The number of hydrogen-bond donors (Lipinski definition) is 4. The van der Waals surface area contributed by atoms with E-state index in [1.54, 1.807) is 48.8 Å². The highest BCUT2D eigenvalue weighted by Crippen LogP contribution is 2.30. The number of hydrogen-bond acceptors (Lipinski definition) is 10. The molecule has 0 aliphatic carbocycles. The molecule has 1 unspecified atom stereocenters. The van der Waals surface area contributed by atoms with Crippen LogP contribution in [0.3, 0.4) is 0 Å². The summed E-state index contributed by atoms with van der Waals surface area (Å²) < 4.78 is 31.2. The van der Waals surface area contributed by atoms with E-state index in [1.807, 2.05) is 30.3 Å². The Bertz CT molecular complexity index is 2040. The number of carbonyl (C=O) groups excluding carboxylic acids is 1. The van der Waals surface area contributed by atoms with Crippen molar-refractivity contribution in [1.29, 1.82) is 0 Å². The molecule has 0 saturated heterocycles. The number of thiophene rings is 1. The fourth-order valence-corrected chi connectivity index (χ4v) is 7.63. The van der Waals surface area contributed by atoms with Gasteiger partial charge in [0.15, 0.2) is 5.84 Å². The fraction of sp³-hybridized carbons (Fsp3) is 0.0690. The zero-order chi connectivity index (χ0) is 30.0. The van der Waals surface area contributed by atoms with Gasteiger partial charge in [0.05, 0.1) is 26.0 Å². The quantitative estimate of drug-likeness (QED) is 0.0756. The highest BCUT2D eigenvalue weighted by Gasteiger charge is 2.25. The summed E-state index contributed by atoms with van der Waals surface area (Å²) in [6, 6.07) is 21.5. The molecule has 0 radical (unpaired) electrons. The molecule has 6 rings (SSSR count). The minimum Gasteiger partial charge on any atom is -0.409 e. The average molecular weight is 630 g/mol. The zero-order valence-corrected chi connectivity index (χ0v) is 24.7. The molecule has 5 N–H and O–H groups in total. The van der Waals surface area contributed by atoms with Crippen LogP contribution in [-0.2, 0) is 16.4 Å². The van der Waals surface area contributed by atoms with Crippen molar-refractivity contribution in [3.05, 3.63) is 112 Å². The van der Waals surface area contributed by atoms with Crippen LogP contribution < -0.4 is 15.8 Å². The number of oxime groups is 1. The second-order valence-electron chi connectivity index (χ2n) is 9.42. The minimum absolute atomic E-state index is 0.0264. The monoisotopic (exact) mass is 629 g/mol. The van der Waals surface area contributed by atoms with Gasteiger partial charge in [0.2, 0.25) is 10.0 Å². The van der Waals surface area contributed by atoms with E-state index < -0.39 is 22.0 Å². The Morgan fingerprint density at radius 1 is 0.953 bits per heavy atom. The van der Waals surface area contributed by atoms with Crippen LogP contribution in [0.15, 0.2) is 101 Å². The number of fused-ring (bicyclic) bond motifs is 2. The molecule has 0 bridgehead atoms. The zero-order valence-electron chi connectivity index (χ0n) is 22.2. The number of carbonyl (C=O) groups is 1. The summed E-state index contributed by atoms with van der Waals surface area (Å²) in [5.41, 5.74) is 8.71. The number of anilines is 1. The van der Waals surface area contributed by atoms with E-state index >= 15 is 0 Å². The highest BCUT2D eigenvalue weighted by molar-refractivity contribution is 7.89. The average Bonchev–Trinajstić information content (AvgIpc) is 3.65. The number of para-hydroxylation sites is 1. The molecule has 11 nitrogen and oxygen atoms in total. The van der Waals surface area contributed by atoms with Crippen LogP contribution in [0.5, 0.6) is 0 Å². The second-order valence-corrected chi connectivity index (χ2v) is 13.2. The molecule has 1 atom stereocenters. The topological polar surface area (TPSA) is 173 Å². The van der Waals surface area contributed by atoms with Crippen LogP contribution in [0.2, 0.25) is 0 Å². The maximum absolute atomic E-state index is 13.7. The fourth-order valence-electron chi connectivity index (χ4n) is 4.44. The normalized spacial score (nSPS) is 12.9. The molecule has 1 amide bonds. The van der Waals surface area contributed by atoms with E-state index in [1.165, 1.54) is 34.8 Å². The third-order valence-corrected chi connectivity index (χ3v) is 10.1. The molecular formula is C29H23N7O4S3. The van der Waals surface area contributed by atoms with Crippen LogP contribution in [0, 0.1) is 0 Å². The summed E-state index contributed by atoms with van der Waals surface area (Å²) in [5, 5.41) is 15.5. The molecular weight excluding hydrogens is 607 g/mol. The van der Waals surface area contributed by atoms with Crippen molar-refractivity contribution in [3.63, 3.8) is 0 Å². The number of nitrogens with zero attached hydrogens (tertiary/aromatic N) is 4. The lowest BCUT2D eigenvalue weighted by molar-refractivity contribution is 0.103. The predicted molar refractivity (Wildman–Crippen MR) is 167 cm³/mol. The number of nitrogens with one attached hydrogen (secondary N) is 2. The third-order valence-electron chi connectivity index (χ3n) is 6.47. The van der Waals surface area contributed by atoms with Crippen LogP contribution in [0.1, 0.15) is 31.8 Å². The molecule has 14 heteroatoms. The predicted octanol–water partition coefficient (Wildman–Crippen LogP) is 4.91. The van der Waals surface area contributed by atoms with E-state index in [0.29, 0.717) is 31.5 Å². The van der Waals surface area contributed by atoms with E-state index in [4.69, 9.17) is 15.9 Å². The van der Waals surface area contributed by atoms with Crippen LogP contribution in [0.25, 0.3) is 20.6 Å². The molecule has 0 aliphatic heterocycles. The van der Waals surface area contributed by atoms with E-state index in [2.05, 4.69) is 25.2 Å². The van der Waals surface area contributed by atoms with Gasteiger partial charge < -0.3 is 16.3 Å². The Hall–Kier alpha value is -4.76. The van der Waals surface area contributed by atoms with Gasteiger partial charge in [0.25, 0.3) is 5.91 Å². The number of nitrogens with two attached hydrogens (primary N) is 1. The summed E-state index contributed by atoms with van der Waals surface area (Å²) in [5.74, 6) is -0.453.